The first-order chi connectivity index (χ1) is 11.5. The molecule has 0 aliphatic heterocycles. The average molecular weight is 323 g/mol. The Balaban J connectivity index is 2.08. The van der Waals surface area contributed by atoms with E-state index in [0.717, 1.165) is 5.56 Å². The molecule has 0 aromatic heterocycles. The lowest BCUT2D eigenvalue weighted by molar-refractivity contribution is -0.119. The Morgan fingerprint density at radius 3 is 2.29 bits per heavy atom. The molecule has 0 heterocycles. The smallest absolute Gasteiger partial charge is 0.251 e. The molecule has 2 amide bonds. The van der Waals surface area contributed by atoms with Gasteiger partial charge in [0, 0.05) is 12.0 Å². The normalized spacial score (nSPS) is 11.2. The number of benzene rings is 2. The summed E-state index contributed by atoms with van der Waals surface area (Å²) < 4.78 is 5.08. The molecule has 1 atom stereocenters. The number of methoxy groups -OCH3 is 1. The van der Waals surface area contributed by atoms with Gasteiger partial charge in [-0.1, -0.05) is 12.1 Å². The first-order valence-corrected chi connectivity index (χ1v) is 7.26. The molecule has 2 aromatic carbocycles. The first-order valence-electron chi connectivity index (χ1n) is 7.26. The lowest BCUT2D eigenvalue weighted by Crippen LogP contribution is -2.45. The molecule has 24 heavy (non-hydrogen) atoms. The molecule has 0 spiro atoms. The van der Waals surface area contributed by atoms with Crippen LogP contribution in [0.2, 0.25) is 0 Å². The minimum Gasteiger partial charge on any atom is -0.497 e. The zero-order chi connectivity index (χ0) is 17.5. The number of rotatable bonds is 6. The van der Waals surface area contributed by atoms with Crippen LogP contribution in [-0.2, 0) is 11.2 Å². The molecular weight excluding hydrogens is 306 g/mol. The van der Waals surface area contributed by atoms with E-state index in [2.05, 4.69) is 5.32 Å². The average Bonchev–Trinajstić information content (AvgIpc) is 2.61. The van der Waals surface area contributed by atoms with Crippen molar-refractivity contribution in [1.82, 2.24) is 5.32 Å². The Morgan fingerprint density at radius 2 is 1.79 bits per heavy atom. The van der Waals surface area contributed by atoms with Crippen LogP contribution in [0, 0.1) is 11.3 Å². The lowest BCUT2D eigenvalue weighted by atomic mass is 10.0. The molecule has 0 fully saturated rings. The van der Waals surface area contributed by atoms with Crippen LogP contribution in [0.1, 0.15) is 21.5 Å². The molecule has 0 radical (unpaired) electrons. The highest BCUT2D eigenvalue weighted by Gasteiger charge is 2.19. The molecule has 0 aliphatic rings. The van der Waals surface area contributed by atoms with Crippen molar-refractivity contribution in [3.63, 3.8) is 0 Å². The maximum absolute atomic E-state index is 12.2. The fourth-order valence-corrected chi connectivity index (χ4v) is 2.16. The van der Waals surface area contributed by atoms with Gasteiger partial charge < -0.3 is 15.8 Å². The van der Waals surface area contributed by atoms with Crippen LogP contribution >= 0.6 is 0 Å². The van der Waals surface area contributed by atoms with Gasteiger partial charge in [-0.2, -0.15) is 5.26 Å². The standard InChI is InChI=1S/C18H17N3O3/c1-24-15-8-4-12(5-9-15)10-16(17(20)22)21-18(23)14-6-2-13(11-19)3-7-14/h2-9,16H,10H2,1H3,(H2,20,22)(H,21,23)/t16-/m1/s1. The van der Waals surface area contributed by atoms with Gasteiger partial charge in [0.05, 0.1) is 18.7 Å². The fraction of sp³-hybridized carbons (Fsp3) is 0.167. The van der Waals surface area contributed by atoms with Gasteiger partial charge in [-0.05, 0) is 42.0 Å². The quantitative estimate of drug-likeness (QED) is 0.838. The van der Waals surface area contributed by atoms with Crippen LogP contribution in [0.15, 0.2) is 48.5 Å². The maximum Gasteiger partial charge on any atom is 0.251 e. The van der Waals surface area contributed by atoms with E-state index in [1.165, 1.54) is 24.3 Å². The van der Waals surface area contributed by atoms with Gasteiger partial charge in [0.25, 0.3) is 5.91 Å². The van der Waals surface area contributed by atoms with Gasteiger partial charge in [-0.3, -0.25) is 9.59 Å². The molecular formula is C18H17N3O3. The van der Waals surface area contributed by atoms with E-state index in [9.17, 15) is 9.59 Å². The van der Waals surface area contributed by atoms with Crippen molar-refractivity contribution >= 4 is 11.8 Å². The number of carbonyl (C=O) groups is 2. The molecule has 0 bridgehead atoms. The zero-order valence-electron chi connectivity index (χ0n) is 13.2. The third-order valence-corrected chi connectivity index (χ3v) is 3.52. The summed E-state index contributed by atoms with van der Waals surface area (Å²) in [6.45, 7) is 0. The van der Waals surface area contributed by atoms with Crippen LogP contribution in [0.4, 0.5) is 0 Å². The topological polar surface area (TPSA) is 105 Å². The lowest BCUT2D eigenvalue weighted by Gasteiger charge is -2.16. The second kappa shape index (κ2) is 7.79. The van der Waals surface area contributed by atoms with Crippen molar-refractivity contribution in [2.45, 2.75) is 12.5 Å². The highest BCUT2D eigenvalue weighted by molar-refractivity contribution is 5.97. The van der Waals surface area contributed by atoms with Crippen molar-refractivity contribution in [2.75, 3.05) is 7.11 Å². The van der Waals surface area contributed by atoms with Crippen molar-refractivity contribution in [2.24, 2.45) is 5.73 Å². The van der Waals surface area contributed by atoms with Crippen molar-refractivity contribution in [3.8, 4) is 11.8 Å². The Morgan fingerprint density at radius 1 is 1.17 bits per heavy atom. The van der Waals surface area contributed by atoms with Crippen LogP contribution in [0.3, 0.4) is 0 Å². The summed E-state index contributed by atoms with van der Waals surface area (Å²) >= 11 is 0. The van der Waals surface area contributed by atoms with E-state index >= 15 is 0 Å². The van der Waals surface area contributed by atoms with E-state index in [-0.39, 0.29) is 6.42 Å². The Labute approximate surface area is 139 Å². The third kappa shape index (κ3) is 4.34. The summed E-state index contributed by atoms with van der Waals surface area (Å²) in [4.78, 5) is 23.9. The largest absolute Gasteiger partial charge is 0.497 e. The minimum absolute atomic E-state index is 0.279. The highest BCUT2D eigenvalue weighted by Crippen LogP contribution is 2.13. The van der Waals surface area contributed by atoms with E-state index in [1.807, 2.05) is 18.2 Å². The summed E-state index contributed by atoms with van der Waals surface area (Å²) in [5.41, 5.74) is 7.05. The number of hydrogen-bond donors (Lipinski definition) is 2. The van der Waals surface area contributed by atoms with Gasteiger partial charge in [0.15, 0.2) is 0 Å². The highest BCUT2D eigenvalue weighted by atomic mass is 16.5. The first kappa shape index (κ1) is 17.0. The van der Waals surface area contributed by atoms with E-state index in [4.69, 9.17) is 15.7 Å². The third-order valence-electron chi connectivity index (χ3n) is 3.52. The van der Waals surface area contributed by atoms with Gasteiger partial charge in [0.2, 0.25) is 5.91 Å². The molecule has 0 saturated carbocycles. The number of carbonyl (C=O) groups excluding carboxylic acids is 2. The Kier molecular flexibility index (Phi) is 5.53. The summed E-state index contributed by atoms with van der Waals surface area (Å²) in [5, 5.41) is 11.4. The zero-order valence-corrected chi connectivity index (χ0v) is 13.2. The van der Waals surface area contributed by atoms with Crippen molar-refractivity contribution in [3.05, 3.63) is 65.2 Å². The summed E-state index contributed by atoms with van der Waals surface area (Å²) in [7, 11) is 1.57. The molecule has 2 rings (SSSR count). The molecule has 0 saturated heterocycles. The van der Waals surface area contributed by atoms with E-state index < -0.39 is 17.9 Å². The number of primary amides is 1. The minimum atomic E-state index is -0.832. The monoisotopic (exact) mass is 323 g/mol. The Bertz CT molecular complexity index is 762. The molecule has 0 aliphatic carbocycles. The summed E-state index contributed by atoms with van der Waals surface area (Å²) in [5.74, 6) is -0.333. The SMILES string of the molecule is COc1ccc(C[C@@H](NC(=O)c2ccc(C#N)cc2)C(N)=O)cc1. The number of hydrogen-bond acceptors (Lipinski definition) is 4. The molecule has 3 N–H and O–H groups in total. The van der Waals surface area contributed by atoms with Crippen molar-refractivity contribution < 1.29 is 14.3 Å². The predicted octanol–water partition coefficient (Wildman–Crippen LogP) is 1.39. The molecule has 0 unspecified atom stereocenters. The van der Waals surface area contributed by atoms with Crippen LogP contribution in [-0.4, -0.2) is 25.0 Å². The number of nitrogens with one attached hydrogen (secondary N) is 1. The van der Waals surface area contributed by atoms with E-state index in [1.54, 1.807) is 19.2 Å². The van der Waals surface area contributed by atoms with E-state index in [0.29, 0.717) is 16.9 Å². The van der Waals surface area contributed by atoms with Gasteiger partial charge in [-0.25, -0.2) is 0 Å². The molecule has 6 nitrogen and oxygen atoms in total. The molecule has 2 aromatic rings. The van der Waals surface area contributed by atoms with Crippen LogP contribution < -0.4 is 15.8 Å². The fourth-order valence-electron chi connectivity index (χ4n) is 2.16. The number of ether oxygens (including phenoxy) is 1. The van der Waals surface area contributed by atoms with Crippen molar-refractivity contribution in [1.29, 1.82) is 5.26 Å². The predicted molar refractivity (Wildman–Crippen MR) is 88.3 cm³/mol. The van der Waals surface area contributed by atoms with Crippen LogP contribution in [0.5, 0.6) is 5.75 Å². The number of amides is 2. The number of nitrogens with two attached hydrogens (primary N) is 1. The molecule has 122 valence electrons. The second-order valence-corrected chi connectivity index (χ2v) is 5.17. The van der Waals surface area contributed by atoms with Crippen LogP contribution in [0.25, 0.3) is 0 Å². The van der Waals surface area contributed by atoms with Gasteiger partial charge in [-0.15, -0.1) is 0 Å². The maximum atomic E-state index is 12.2. The van der Waals surface area contributed by atoms with Gasteiger partial charge in [0.1, 0.15) is 11.8 Å². The summed E-state index contributed by atoms with van der Waals surface area (Å²) in [6, 6.07) is 14.4. The Hall–Kier alpha value is -3.33. The van der Waals surface area contributed by atoms with Gasteiger partial charge >= 0.3 is 0 Å². The summed E-state index contributed by atoms with van der Waals surface area (Å²) in [6.07, 6.45) is 0.279. The number of nitrogens with zero attached hydrogens (tertiary/aromatic N) is 1. The number of nitriles is 1. The molecule has 6 heteroatoms. The second-order valence-electron chi connectivity index (χ2n) is 5.17.